The Morgan fingerprint density at radius 2 is 1.15 bits per heavy atom. The molecular formula is C16H40GeO2Sn. The van der Waals surface area contributed by atoms with Gasteiger partial charge in [-0.3, -0.25) is 0 Å². The molecule has 0 aromatic heterocycles. The van der Waals surface area contributed by atoms with Crippen molar-refractivity contribution in [3.63, 3.8) is 0 Å². The smallest absolute Gasteiger partial charge is 0 e. The van der Waals surface area contributed by atoms with E-state index in [1.807, 2.05) is 53.4 Å². The summed E-state index contributed by atoms with van der Waals surface area (Å²) in [6.07, 6.45) is 0. The monoisotopic (exact) mass is 458 g/mol. The fraction of sp³-hybridized carbons (Fsp3) is 0.875. The second-order valence-electron chi connectivity index (χ2n) is 3.34. The van der Waals surface area contributed by atoms with Crippen molar-refractivity contribution < 1.29 is 9.84 Å². The van der Waals surface area contributed by atoms with Crippen LogP contribution in [0, 0.1) is 0 Å². The number of ether oxygens (including phenoxy) is 1. The minimum Gasteiger partial charge on any atom is 0 e. The summed E-state index contributed by atoms with van der Waals surface area (Å²) >= 11 is -1.87. The van der Waals surface area contributed by atoms with Crippen molar-refractivity contribution >= 4 is 37.2 Å². The molecule has 0 aliphatic carbocycles. The first-order chi connectivity index (χ1) is 9.14. The van der Waals surface area contributed by atoms with Gasteiger partial charge in [-0.05, 0) is 0 Å². The van der Waals surface area contributed by atoms with Crippen LogP contribution in [0.1, 0.15) is 69.2 Å². The largest absolute Gasteiger partial charge is 0 e. The van der Waals surface area contributed by atoms with Gasteiger partial charge in [0.15, 0.2) is 0 Å². The minimum atomic E-state index is -1.87. The number of hydrogen-bond acceptors (Lipinski definition) is 2. The van der Waals surface area contributed by atoms with Crippen molar-refractivity contribution in [3.05, 3.63) is 10.9 Å². The van der Waals surface area contributed by atoms with E-state index in [4.69, 9.17) is 4.74 Å². The quantitative estimate of drug-likeness (QED) is 0.383. The van der Waals surface area contributed by atoms with Gasteiger partial charge in [0.25, 0.3) is 0 Å². The van der Waals surface area contributed by atoms with Crippen LogP contribution in [0.4, 0.5) is 0 Å². The normalized spacial score (nSPS) is 9.40. The fourth-order valence-electron chi connectivity index (χ4n) is 1.51. The maximum absolute atomic E-state index is 9.46. The molecule has 0 heterocycles. The van der Waals surface area contributed by atoms with E-state index >= 15 is 0 Å². The van der Waals surface area contributed by atoms with Gasteiger partial charge in [-0.25, -0.2) is 0 Å². The van der Waals surface area contributed by atoms with Gasteiger partial charge in [0.2, 0.25) is 0 Å². The van der Waals surface area contributed by atoms with Crippen molar-refractivity contribution in [2.75, 3.05) is 6.61 Å². The SMILES string of the molecule is CC.CC.CC.CCO/C(O)=[CH]/[Ge]([CH2]C)([CH2]C)[CH2]C.[Sn]. The van der Waals surface area contributed by atoms with Crippen LogP contribution in [0.2, 0.25) is 15.8 Å². The molecule has 0 aromatic carbocycles. The molecule has 0 spiro atoms. The molecule has 0 aromatic rings. The van der Waals surface area contributed by atoms with Gasteiger partial charge in [0, 0.05) is 23.9 Å². The predicted molar refractivity (Wildman–Crippen MR) is 99.3 cm³/mol. The van der Waals surface area contributed by atoms with Gasteiger partial charge in [-0.1, -0.05) is 41.5 Å². The van der Waals surface area contributed by atoms with Crippen LogP contribution < -0.4 is 0 Å². The number of hydrogen-bond donors (Lipinski definition) is 1. The topological polar surface area (TPSA) is 29.5 Å². The first kappa shape index (κ1) is 32.6. The van der Waals surface area contributed by atoms with Crippen LogP contribution in [0.5, 0.6) is 0 Å². The zero-order chi connectivity index (χ0) is 16.3. The van der Waals surface area contributed by atoms with E-state index in [0.717, 1.165) is 0 Å². The van der Waals surface area contributed by atoms with Crippen molar-refractivity contribution in [1.82, 2.24) is 0 Å². The average molecular weight is 456 g/mol. The van der Waals surface area contributed by atoms with Crippen molar-refractivity contribution in [1.29, 1.82) is 0 Å². The Kier molecular flexibility index (Phi) is 45.5. The second kappa shape index (κ2) is 27.9. The van der Waals surface area contributed by atoms with Gasteiger partial charge in [-0.2, -0.15) is 0 Å². The van der Waals surface area contributed by atoms with Crippen molar-refractivity contribution in [2.45, 2.75) is 85.0 Å². The molecule has 0 rings (SSSR count). The Labute approximate surface area is 149 Å². The summed E-state index contributed by atoms with van der Waals surface area (Å²) in [5, 5.41) is 13.1. The van der Waals surface area contributed by atoms with E-state index in [2.05, 4.69) is 20.8 Å². The number of aliphatic hydroxyl groups excluding tert-OH is 1. The third-order valence-electron chi connectivity index (χ3n) is 2.83. The molecule has 0 aliphatic heterocycles. The number of rotatable bonds is 6. The summed E-state index contributed by atoms with van der Waals surface area (Å²) < 4.78 is 5.07. The van der Waals surface area contributed by atoms with E-state index in [-0.39, 0.29) is 29.9 Å². The molecule has 0 bridgehead atoms. The van der Waals surface area contributed by atoms with Crippen LogP contribution in [0.25, 0.3) is 0 Å². The van der Waals surface area contributed by atoms with Gasteiger partial charge < -0.3 is 0 Å². The molecule has 1 N–H and O–H groups in total. The van der Waals surface area contributed by atoms with Gasteiger partial charge in [0.05, 0.1) is 0 Å². The maximum atomic E-state index is 9.46. The molecule has 0 atom stereocenters. The van der Waals surface area contributed by atoms with Crippen molar-refractivity contribution in [2.24, 2.45) is 0 Å². The summed E-state index contributed by atoms with van der Waals surface area (Å²) in [5.41, 5.74) is 0. The molecule has 124 valence electrons. The third kappa shape index (κ3) is 18.7. The van der Waals surface area contributed by atoms with E-state index in [9.17, 15) is 5.11 Å². The summed E-state index contributed by atoms with van der Waals surface area (Å²) in [4.78, 5) is 2.05. The molecular weight excluding hydrogens is 415 g/mol. The van der Waals surface area contributed by atoms with Crippen LogP contribution in [0.3, 0.4) is 0 Å². The molecule has 0 amide bonds. The Hall–Kier alpha value is 0.682. The Bertz CT molecular complexity index is 162. The summed E-state index contributed by atoms with van der Waals surface area (Å²) in [7, 11) is 0. The molecule has 0 unspecified atom stereocenters. The zero-order valence-corrected chi connectivity index (χ0v) is 20.7. The molecule has 0 saturated carbocycles. The first-order valence-corrected chi connectivity index (χ1v) is 13.8. The second-order valence-corrected chi connectivity index (χ2v) is 14.1. The Morgan fingerprint density at radius 1 is 0.850 bits per heavy atom. The summed E-state index contributed by atoms with van der Waals surface area (Å²) in [6.45, 7) is 21.1. The van der Waals surface area contributed by atoms with E-state index in [1.165, 1.54) is 15.8 Å². The summed E-state index contributed by atoms with van der Waals surface area (Å²) in [5.74, 6) is 0.160. The molecule has 4 heteroatoms. The molecule has 0 saturated heterocycles. The summed E-state index contributed by atoms with van der Waals surface area (Å²) in [6, 6.07) is 0. The average Bonchev–Trinajstić information content (AvgIpc) is 2.51. The Morgan fingerprint density at radius 3 is 1.35 bits per heavy atom. The van der Waals surface area contributed by atoms with Gasteiger partial charge in [0.1, 0.15) is 0 Å². The molecule has 4 radical (unpaired) electrons. The van der Waals surface area contributed by atoms with Crippen molar-refractivity contribution in [3.8, 4) is 0 Å². The van der Waals surface area contributed by atoms with Gasteiger partial charge in [-0.15, -0.1) is 0 Å². The van der Waals surface area contributed by atoms with E-state index in [0.29, 0.717) is 6.61 Å². The van der Waals surface area contributed by atoms with E-state index in [1.54, 1.807) is 0 Å². The molecule has 0 fully saturated rings. The fourth-order valence-corrected chi connectivity index (χ4v) is 7.21. The van der Waals surface area contributed by atoms with Crippen LogP contribution in [-0.2, 0) is 4.74 Å². The Balaban J connectivity index is -0.0000000940. The van der Waals surface area contributed by atoms with Crippen LogP contribution >= 0.6 is 0 Å². The van der Waals surface area contributed by atoms with Crippen LogP contribution in [-0.4, -0.2) is 48.9 Å². The number of aliphatic hydroxyl groups is 1. The standard InChI is InChI=1S/C10H22GeO2.3C2H6.Sn/c1-5-11(6-2,7-3)9-10(12)13-8-4;3*1-2;/h9,12H,5-8H2,1-4H3;3*1-2H3;/b10-9+;;;;. The zero-order valence-electron chi connectivity index (χ0n) is 15.8. The van der Waals surface area contributed by atoms with Crippen LogP contribution in [0.15, 0.2) is 10.9 Å². The van der Waals surface area contributed by atoms with Gasteiger partial charge >= 0.3 is 84.0 Å². The van der Waals surface area contributed by atoms with E-state index < -0.39 is 13.3 Å². The molecule has 20 heavy (non-hydrogen) atoms. The predicted octanol–water partition coefficient (Wildman–Crippen LogP) is 6.17. The first-order valence-electron chi connectivity index (χ1n) is 8.18. The minimum absolute atomic E-state index is 0. The molecule has 0 aliphatic rings. The molecule has 2 nitrogen and oxygen atoms in total. The maximum Gasteiger partial charge on any atom is 0 e. The third-order valence-corrected chi connectivity index (χ3v) is 13.5.